The van der Waals surface area contributed by atoms with Crippen LogP contribution in [0.1, 0.15) is 32.3 Å². The summed E-state index contributed by atoms with van der Waals surface area (Å²) in [7, 11) is 0. The molecule has 2 aromatic carbocycles. The minimum Gasteiger partial charge on any atom is -0.325 e. The van der Waals surface area contributed by atoms with Crippen molar-refractivity contribution in [1.29, 1.82) is 0 Å². The highest BCUT2D eigenvalue weighted by Crippen LogP contribution is 2.26. The maximum absolute atomic E-state index is 12.2. The van der Waals surface area contributed by atoms with Crippen LogP contribution in [0.15, 0.2) is 53.4 Å². The van der Waals surface area contributed by atoms with E-state index in [0.717, 1.165) is 10.6 Å². The Kier molecular flexibility index (Phi) is 5.92. The first-order chi connectivity index (χ1) is 10.5. The molecule has 0 bridgehead atoms. The highest BCUT2D eigenvalue weighted by Gasteiger charge is 2.14. The van der Waals surface area contributed by atoms with E-state index in [9.17, 15) is 4.79 Å². The van der Waals surface area contributed by atoms with Crippen LogP contribution in [0.5, 0.6) is 0 Å². The number of benzene rings is 2. The van der Waals surface area contributed by atoms with Gasteiger partial charge in [0.2, 0.25) is 5.91 Å². The molecular weight excluding hydrogens is 314 g/mol. The Labute approximate surface area is 141 Å². The molecule has 0 aliphatic carbocycles. The van der Waals surface area contributed by atoms with Crippen molar-refractivity contribution in [1.82, 2.24) is 0 Å². The average Bonchev–Trinajstić information content (AvgIpc) is 2.50. The molecule has 2 nitrogen and oxygen atoms in total. The molecule has 1 atom stereocenters. The van der Waals surface area contributed by atoms with E-state index in [1.54, 1.807) is 0 Å². The van der Waals surface area contributed by atoms with Crippen molar-refractivity contribution >= 4 is 35.0 Å². The van der Waals surface area contributed by atoms with Crippen molar-refractivity contribution in [2.24, 2.45) is 0 Å². The lowest BCUT2D eigenvalue weighted by Gasteiger charge is -2.13. The number of thioether (sulfide) groups is 1. The lowest BCUT2D eigenvalue weighted by Crippen LogP contribution is -2.22. The fourth-order valence-corrected chi connectivity index (χ4v) is 2.96. The molecule has 1 amide bonds. The summed E-state index contributed by atoms with van der Waals surface area (Å²) in [5.41, 5.74) is 2.10. The van der Waals surface area contributed by atoms with Crippen LogP contribution in [0.4, 0.5) is 5.69 Å². The Balaban J connectivity index is 1.94. The van der Waals surface area contributed by atoms with Crippen LogP contribution >= 0.6 is 23.4 Å². The quantitative estimate of drug-likeness (QED) is 0.723. The predicted octanol–water partition coefficient (Wildman–Crippen LogP) is 5.58. The van der Waals surface area contributed by atoms with Gasteiger partial charge in [-0.1, -0.05) is 37.6 Å². The van der Waals surface area contributed by atoms with Gasteiger partial charge in [-0.15, -0.1) is 11.8 Å². The van der Waals surface area contributed by atoms with Crippen LogP contribution in [-0.4, -0.2) is 11.2 Å². The van der Waals surface area contributed by atoms with E-state index in [0.29, 0.717) is 10.9 Å². The number of carbonyl (C=O) groups excluding carboxylic acids is 1. The van der Waals surface area contributed by atoms with Gasteiger partial charge in [0, 0.05) is 15.6 Å². The summed E-state index contributed by atoms with van der Waals surface area (Å²) in [6.45, 7) is 6.20. The molecule has 0 saturated heterocycles. The van der Waals surface area contributed by atoms with Gasteiger partial charge >= 0.3 is 0 Å². The van der Waals surface area contributed by atoms with Crippen molar-refractivity contribution in [2.75, 3.05) is 5.32 Å². The predicted molar refractivity (Wildman–Crippen MR) is 95.9 cm³/mol. The van der Waals surface area contributed by atoms with Gasteiger partial charge in [-0.2, -0.15) is 0 Å². The topological polar surface area (TPSA) is 29.1 Å². The lowest BCUT2D eigenvalue weighted by molar-refractivity contribution is -0.115. The third-order valence-electron chi connectivity index (χ3n) is 3.34. The molecule has 0 spiro atoms. The molecule has 0 aromatic heterocycles. The monoisotopic (exact) mass is 333 g/mol. The fraction of sp³-hybridized carbons (Fsp3) is 0.278. The van der Waals surface area contributed by atoms with E-state index in [4.69, 9.17) is 11.6 Å². The van der Waals surface area contributed by atoms with Crippen LogP contribution in [0.25, 0.3) is 0 Å². The third-order valence-corrected chi connectivity index (χ3v) is 4.70. The van der Waals surface area contributed by atoms with Gasteiger partial charge < -0.3 is 5.32 Å². The van der Waals surface area contributed by atoms with Gasteiger partial charge in [0.1, 0.15) is 0 Å². The van der Waals surface area contributed by atoms with Crippen LogP contribution in [0.3, 0.4) is 0 Å². The molecule has 0 aliphatic rings. The molecule has 2 rings (SSSR count). The normalized spacial score (nSPS) is 12.2. The van der Waals surface area contributed by atoms with E-state index in [1.807, 2.05) is 43.3 Å². The third kappa shape index (κ3) is 4.79. The number of amides is 1. The molecule has 116 valence electrons. The Morgan fingerprint density at radius 1 is 1.00 bits per heavy atom. The number of rotatable bonds is 5. The maximum Gasteiger partial charge on any atom is 0.237 e. The van der Waals surface area contributed by atoms with E-state index in [2.05, 4.69) is 31.3 Å². The second-order valence-electron chi connectivity index (χ2n) is 5.48. The Morgan fingerprint density at radius 3 is 2.14 bits per heavy atom. The Hall–Kier alpha value is -1.45. The zero-order valence-electron chi connectivity index (χ0n) is 13.0. The molecule has 4 heteroatoms. The minimum atomic E-state index is -0.175. The SMILES string of the molecule is CC(C)c1ccc(NC(=O)[C@H](C)Sc2ccc(Cl)cc2)cc1. The molecule has 0 heterocycles. The number of hydrogen-bond donors (Lipinski definition) is 1. The maximum atomic E-state index is 12.2. The second-order valence-corrected chi connectivity index (χ2v) is 7.33. The molecule has 0 aliphatic heterocycles. The van der Waals surface area contributed by atoms with Gasteiger partial charge in [-0.05, 0) is 54.8 Å². The number of hydrogen-bond acceptors (Lipinski definition) is 2. The van der Waals surface area contributed by atoms with E-state index < -0.39 is 0 Å². The molecule has 0 saturated carbocycles. The first-order valence-corrected chi connectivity index (χ1v) is 8.54. The smallest absolute Gasteiger partial charge is 0.237 e. The number of carbonyl (C=O) groups is 1. The molecule has 0 radical (unpaired) electrons. The number of halogens is 1. The minimum absolute atomic E-state index is 0.00255. The molecular formula is C18H20ClNOS. The molecule has 1 N–H and O–H groups in total. The van der Waals surface area contributed by atoms with Crippen LogP contribution in [0, 0.1) is 0 Å². The summed E-state index contributed by atoms with van der Waals surface area (Å²) in [6, 6.07) is 15.5. The Morgan fingerprint density at radius 2 is 1.59 bits per heavy atom. The Bertz CT molecular complexity index is 623. The van der Waals surface area contributed by atoms with Gasteiger partial charge in [-0.3, -0.25) is 4.79 Å². The van der Waals surface area contributed by atoms with Crippen molar-refractivity contribution in [2.45, 2.75) is 36.8 Å². The van der Waals surface area contributed by atoms with Crippen molar-refractivity contribution in [3.63, 3.8) is 0 Å². The molecule has 0 fully saturated rings. The summed E-state index contributed by atoms with van der Waals surface area (Å²) < 4.78 is 0. The highest BCUT2D eigenvalue weighted by molar-refractivity contribution is 8.00. The second kappa shape index (κ2) is 7.70. The zero-order valence-corrected chi connectivity index (χ0v) is 14.5. The van der Waals surface area contributed by atoms with Gasteiger partial charge in [-0.25, -0.2) is 0 Å². The summed E-state index contributed by atoms with van der Waals surface area (Å²) in [6.07, 6.45) is 0. The van der Waals surface area contributed by atoms with Gasteiger partial charge in [0.15, 0.2) is 0 Å². The number of nitrogens with one attached hydrogen (secondary N) is 1. The summed E-state index contributed by atoms with van der Waals surface area (Å²) in [4.78, 5) is 13.3. The molecule has 22 heavy (non-hydrogen) atoms. The van der Waals surface area contributed by atoms with E-state index in [1.165, 1.54) is 17.3 Å². The van der Waals surface area contributed by atoms with Crippen molar-refractivity contribution in [3.05, 3.63) is 59.1 Å². The van der Waals surface area contributed by atoms with Crippen LogP contribution < -0.4 is 5.32 Å². The zero-order chi connectivity index (χ0) is 16.1. The standard InChI is InChI=1S/C18H20ClNOS/c1-12(2)14-4-8-16(9-5-14)20-18(21)13(3)22-17-10-6-15(19)7-11-17/h4-13H,1-3H3,(H,20,21)/t13-/m0/s1. The largest absolute Gasteiger partial charge is 0.325 e. The van der Waals surface area contributed by atoms with Gasteiger partial charge in [0.05, 0.1) is 5.25 Å². The molecule has 2 aromatic rings. The van der Waals surface area contributed by atoms with Crippen LogP contribution in [0.2, 0.25) is 5.02 Å². The van der Waals surface area contributed by atoms with Crippen molar-refractivity contribution in [3.8, 4) is 0 Å². The van der Waals surface area contributed by atoms with Gasteiger partial charge in [0.25, 0.3) is 0 Å². The molecule has 0 unspecified atom stereocenters. The highest BCUT2D eigenvalue weighted by atomic mass is 35.5. The van der Waals surface area contributed by atoms with Crippen LogP contribution in [-0.2, 0) is 4.79 Å². The lowest BCUT2D eigenvalue weighted by atomic mass is 10.0. The first-order valence-electron chi connectivity index (χ1n) is 7.29. The average molecular weight is 334 g/mol. The first kappa shape index (κ1) is 16.9. The van der Waals surface area contributed by atoms with E-state index in [-0.39, 0.29) is 11.2 Å². The fourth-order valence-electron chi connectivity index (χ4n) is 1.97. The van der Waals surface area contributed by atoms with E-state index >= 15 is 0 Å². The summed E-state index contributed by atoms with van der Waals surface area (Å²) >= 11 is 7.38. The number of anilines is 1. The van der Waals surface area contributed by atoms with Crippen molar-refractivity contribution < 1.29 is 4.79 Å². The summed E-state index contributed by atoms with van der Waals surface area (Å²) in [5.74, 6) is 0.487. The summed E-state index contributed by atoms with van der Waals surface area (Å²) in [5, 5.41) is 3.48.